The predicted molar refractivity (Wildman–Crippen MR) is 90.4 cm³/mol. The van der Waals surface area contributed by atoms with Gasteiger partial charge in [-0.2, -0.15) is 0 Å². The van der Waals surface area contributed by atoms with Gasteiger partial charge < -0.3 is 14.4 Å². The first kappa shape index (κ1) is 17.1. The van der Waals surface area contributed by atoms with Gasteiger partial charge in [-0.05, 0) is 43.4 Å². The van der Waals surface area contributed by atoms with E-state index in [1.165, 1.54) is 0 Å². The van der Waals surface area contributed by atoms with E-state index in [1.54, 1.807) is 11.0 Å². The van der Waals surface area contributed by atoms with E-state index in [0.717, 1.165) is 31.6 Å². The van der Waals surface area contributed by atoms with Gasteiger partial charge >= 0.3 is 0 Å². The Labute approximate surface area is 142 Å². The number of rotatable bonds is 4. The van der Waals surface area contributed by atoms with Gasteiger partial charge in [-0.25, -0.2) is 0 Å². The molecule has 130 valence electrons. The number of ketones is 1. The van der Waals surface area contributed by atoms with Crippen molar-refractivity contribution in [1.82, 2.24) is 4.90 Å². The lowest BCUT2D eigenvalue weighted by Gasteiger charge is -2.27. The van der Waals surface area contributed by atoms with E-state index in [4.69, 9.17) is 9.47 Å². The van der Waals surface area contributed by atoms with E-state index in [9.17, 15) is 9.59 Å². The summed E-state index contributed by atoms with van der Waals surface area (Å²) in [6, 6.07) is 5.47. The third-order valence-corrected chi connectivity index (χ3v) is 4.90. The summed E-state index contributed by atoms with van der Waals surface area (Å²) < 4.78 is 10.6. The number of aryl methyl sites for hydroxylation is 1. The van der Waals surface area contributed by atoms with Crippen molar-refractivity contribution in [2.75, 3.05) is 39.5 Å². The van der Waals surface area contributed by atoms with Gasteiger partial charge in [0.1, 0.15) is 0 Å². The maximum atomic E-state index is 12.7. The van der Waals surface area contributed by atoms with Crippen LogP contribution in [0.5, 0.6) is 0 Å². The molecule has 2 saturated heterocycles. The quantitative estimate of drug-likeness (QED) is 0.795. The molecule has 2 heterocycles. The first-order valence-corrected chi connectivity index (χ1v) is 8.74. The van der Waals surface area contributed by atoms with E-state index in [2.05, 4.69) is 0 Å². The van der Waals surface area contributed by atoms with Crippen LogP contribution in [-0.2, 0) is 9.47 Å². The highest BCUT2D eigenvalue weighted by atomic mass is 16.5. The van der Waals surface area contributed by atoms with Crippen molar-refractivity contribution in [2.24, 2.45) is 5.92 Å². The van der Waals surface area contributed by atoms with Crippen LogP contribution in [0.25, 0.3) is 0 Å². The van der Waals surface area contributed by atoms with Crippen LogP contribution in [0, 0.1) is 12.8 Å². The number of hydrogen-bond acceptors (Lipinski definition) is 4. The maximum absolute atomic E-state index is 12.7. The predicted octanol–water partition coefficient (Wildman–Crippen LogP) is 2.47. The topological polar surface area (TPSA) is 55.8 Å². The zero-order valence-corrected chi connectivity index (χ0v) is 14.3. The lowest BCUT2D eigenvalue weighted by Crippen LogP contribution is -2.40. The minimum atomic E-state index is -0.0154. The molecule has 1 aromatic rings. The van der Waals surface area contributed by atoms with Crippen molar-refractivity contribution in [1.29, 1.82) is 0 Å². The number of nitrogens with zero attached hydrogens (tertiary/aromatic N) is 1. The molecule has 0 atom stereocenters. The zero-order valence-electron chi connectivity index (χ0n) is 14.3. The number of benzene rings is 1. The molecule has 0 spiro atoms. The highest BCUT2D eigenvalue weighted by Gasteiger charge is 2.22. The minimum Gasteiger partial charge on any atom is -0.381 e. The molecule has 0 N–H and O–H groups in total. The van der Waals surface area contributed by atoms with Crippen LogP contribution in [0.2, 0.25) is 0 Å². The summed E-state index contributed by atoms with van der Waals surface area (Å²) in [7, 11) is 0. The standard InChI is InChI=1S/C19H25NO4/c1-14-2-3-16(19(22)20-6-10-24-11-7-20)13-17(14)18(21)12-15-4-8-23-9-5-15/h2-3,13,15H,4-12H2,1H3. The number of carbonyl (C=O) groups excluding carboxylic acids is 2. The monoisotopic (exact) mass is 331 g/mol. The lowest BCUT2D eigenvalue weighted by atomic mass is 9.90. The van der Waals surface area contributed by atoms with Gasteiger partial charge in [-0.1, -0.05) is 6.07 Å². The van der Waals surface area contributed by atoms with E-state index in [-0.39, 0.29) is 11.7 Å². The van der Waals surface area contributed by atoms with Gasteiger partial charge in [-0.15, -0.1) is 0 Å². The number of carbonyl (C=O) groups is 2. The Morgan fingerprint density at radius 1 is 1.08 bits per heavy atom. The molecule has 0 aliphatic carbocycles. The molecule has 0 unspecified atom stereocenters. The number of morpholine rings is 1. The second-order valence-electron chi connectivity index (χ2n) is 6.62. The average Bonchev–Trinajstić information content (AvgIpc) is 2.63. The number of hydrogen-bond donors (Lipinski definition) is 0. The molecule has 2 aliphatic rings. The summed E-state index contributed by atoms with van der Waals surface area (Å²) in [6.45, 7) is 5.79. The third-order valence-electron chi connectivity index (χ3n) is 4.90. The molecule has 0 aromatic heterocycles. The van der Waals surface area contributed by atoms with Crippen LogP contribution in [0.4, 0.5) is 0 Å². The highest BCUT2D eigenvalue weighted by molar-refractivity contribution is 6.01. The fourth-order valence-electron chi connectivity index (χ4n) is 3.33. The molecule has 2 aliphatic heterocycles. The summed E-state index contributed by atoms with van der Waals surface area (Å²) >= 11 is 0. The average molecular weight is 331 g/mol. The Bertz CT molecular complexity index is 601. The van der Waals surface area contributed by atoms with Gasteiger partial charge in [0.15, 0.2) is 5.78 Å². The summed E-state index contributed by atoms with van der Waals surface area (Å²) in [5.41, 5.74) is 2.21. The molecule has 2 fully saturated rings. The van der Waals surface area contributed by atoms with E-state index in [1.807, 2.05) is 19.1 Å². The Kier molecular flexibility index (Phi) is 5.63. The second-order valence-corrected chi connectivity index (χ2v) is 6.62. The van der Waals surface area contributed by atoms with Crippen molar-refractivity contribution >= 4 is 11.7 Å². The van der Waals surface area contributed by atoms with Gasteiger partial charge in [0, 0.05) is 43.9 Å². The van der Waals surface area contributed by atoms with E-state index >= 15 is 0 Å². The Morgan fingerprint density at radius 3 is 2.46 bits per heavy atom. The summed E-state index contributed by atoms with van der Waals surface area (Å²) in [5.74, 6) is 0.513. The number of Topliss-reactive ketones (excluding diaryl/α,β-unsaturated/α-hetero) is 1. The molecule has 3 rings (SSSR count). The highest BCUT2D eigenvalue weighted by Crippen LogP contribution is 2.23. The van der Waals surface area contributed by atoms with Gasteiger partial charge in [-0.3, -0.25) is 9.59 Å². The first-order valence-electron chi connectivity index (χ1n) is 8.74. The number of amides is 1. The lowest BCUT2D eigenvalue weighted by molar-refractivity contribution is 0.0303. The zero-order chi connectivity index (χ0) is 16.9. The van der Waals surface area contributed by atoms with Crippen molar-refractivity contribution < 1.29 is 19.1 Å². The van der Waals surface area contributed by atoms with Crippen molar-refractivity contribution in [3.63, 3.8) is 0 Å². The molecule has 0 radical (unpaired) electrons. The van der Waals surface area contributed by atoms with Crippen LogP contribution >= 0.6 is 0 Å². The molecule has 5 heteroatoms. The van der Waals surface area contributed by atoms with Gasteiger partial charge in [0.25, 0.3) is 5.91 Å². The van der Waals surface area contributed by atoms with Crippen molar-refractivity contribution in [3.05, 3.63) is 34.9 Å². The molecule has 24 heavy (non-hydrogen) atoms. The Morgan fingerprint density at radius 2 is 1.75 bits per heavy atom. The third kappa shape index (κ3) is 4.02. The fraction of sp³-hybridized carbons (Fsp3) is 0.579. The molecular weight excluding hydrogens is 306 g/mol. The van der Waals surface area contributed by atoms with Crippen LogP contribution < -0.4 is 0 Å². The molecule has 0 bridgehead atoms. The van der Waals surface area contributed by atoms with Crippen LogP contribution in [0.15, 0.2) is 18.2 Å². The molecule has 1 amide bonds. The smallest absolute Gasteiger partial charge is 0.254 e. The molecule has 1 aromatic carbocycles. The molecule has 0 saturated carbocycles. The molecule has 5 nitrogen and oxygen atoms in total. The van der Waals surface area contributed by atoms with Gasteiger partial charge in [0.05, 0.1) is 13.2 Å². The summed E-state index contributed by atoms with van der Waals surface area (Å²) in [4.78, 5) is 27.1. The van der Waals surface area contributed by atoms with Gasteiger partial charge in [0.2, 0.25) is 0 Å². The Hall–Kier alpha value is -1.72. The van der Waals surface area contributed by atoms with E-state index < -0.39 is 0 Å². The molecular formula is C19H25NO4. The second kappa shape index (κ2) is 7.90. The fourth-order valence-corrected chi connectivity index (χ4v) is 3.33. The van der Waals surface area contributed by atoms with E-state index in [0.29, 0.717) is 49.8 Å². The van der Waals surface area contributed by atoms with Crippen molar-refractivity contribution in [3.8, 4) is 0 Å². The SMILES string of the molecule is Cc1ccc(C(=O)N2CCOCC2)cc1C(=O)CC1CCOCC1. The largest absolute Gasteiger partial charge is 0.381 e. The summed E-state index contributed by atoms with van der Waals surface area (Å²) in [5, 5.41) is 0. The maximum Gasteiger partial charge on any atom is 0.254 e. The van der Waals surface area contributed by atoms with Crippen LogP contribution in [0.3, 0.4) is 0 Å². The van der Waals surface area contributed by atoms with Crippen LogP contribution in [0.1, 0.15) is 45.5 Å². The number of ether oxygens (including phenoxy) is 2. The van der Waals surface area contributed by atoms with Crippen LogP contribution in [-0.4, -0.2) is 56.1 Å². The summed E-state index contributed by atoms with van der Waals surface area (Å²) in [6.07, 6.45) is 2.42. The first-order chi connectivity index (χ1) is 11.6. The van der Waals surface area contributed by atoms with Crippen molar-refractivity contribution in [2.45, 2.75) is 26.2 Å². The Balaban J connectivity index is 1.72. The minimum absolute atomic E-state index is 0.0154. The normalized spacial score (nSPS) is 19.3.